The van der Waals surface area contributed by atoms with E-state index in [1.165, 1.54) is 6.07 Å². The second-order valence-corrected chi connectivity index (χ2v) is 5.65. The number of aromatic carboxylic acids is 1. The zero-order chi connectivity index (χ0) is 15.5. The first-order chi connectivity index (χ1) is 10.6. The van der Waals surface area contributed by atoms with E-state index in [2.05, 4.69) is 0 Å². The highest BCUT2D eigenvalue weighted by atomic mass is 16.5. The summed E-state index contributed by atoms with van der Waals surface area (Å²) in [7, 11) is 0. The van der Waals surface area contributed by atoms with Crippen LogP contribution in [0.15, 0.2) is 18.2 Å². The summed E-state index contributed by atoms with van der Waals surface area (Å²) in [5, 5.41) is 9.03. The molecule has 1 saturated heterocycles. The summed E-state index contributed by atoms with van der Waals surface area (Å²) in [5.41, 5.74) is 1.03. The number of hydrogen-bond acceptors (Lipinski definition) is 4. The van der Waals surface area contributed by atoms with Crippen LogP contribution in [-0.4, -0.2) is 48.2 Å². The van der Waals surface area contributed by atoms with E-state index in [0.29, 0.717) is 32.1 Å². The summed E-state index contributed by atoms with van der Waals surface area (Å²) in [6.45, 7) is 2.54. The third-order valence-corrected chi connectivity index (χ3v) is 4.12. The van der Waals surface area contributed by atoms with Crippen LogP contribution in [0, 0.1) is 5.92 Å². The minimum absolute atomic E-state index is 0.0754. The summed E-state index contributed by atoms with van der Waals surface area (Å²) in [6, 6.07) is 4.79. The van der Waals surface area contributed by atoms with Crippen molar-refractivity contribution in [3.8, 4) is 5.75 Å². The Morgan fingerprint density at radius 2 is 2.14 bits per heavy atom. The molecule has 0 saturated carbocycles. The Hall–Kier alpha value is -2.08. The summed E-state index contributed by atoms with van der Waals surface area (Å²) in [6.07, 6.45) is 1.78. The number of rotatable bonds is 2. The van der Waals surface area contributed by atoms with E-state index in [4.69, 9.17) is 14.6 Å². The SMILES string of the molecule is O=C(O)c1ccc2c(c1)OCCN(C(=O)C1CCCOC1)C2. The van der Waals surface area contributed by atoms with Crippen molar-refractivity contribution in [2.24, 2.45) is 5.92 Å². The Kier molecular flexibility index (Phi) is 4.29. The first kappa shape index (κ1) is 14.8. The third-order valence-electron chi connectivity index (χ3n) is 4.12. The molecular weight excluding hydrogens is 286 g/mol. The second-order valence-electron chi connectivity index (χ2n) is 5.65. The Bertz CT molecular complexity index is 580. The molecule has 0 aromatic heterocycles. The maximum absolute atomic E-state index is 12.6. The van der Waals surface area contributed by atoms with Crippen molar-refractivity contribution in [3.05, 3.63) is 29.3 Å². The summed E-state index contributed by atoms with van der Waals surface area (Å²) in [4.78, 5) is 25.4. The molecule has 1 amide bonds. The standard InChI is InChI=1S/C16H19NO5/c18-15(13-2-1-6-21-10-13)17-5-7-22-14-8-11(16(19)20)3-4-12(14)9-17/h3-4,8,13H,1-2,5-7,9-10H2,(H,19,20). The first-order valence-corrected chi connectivity index (χ1v) is 7.50. The number of carboxylic acids is 1. The van der Waals surface area contributed by atoms with E-state index in [1.54, 1.807) is 17.0 Å². The fourth-order valence-corrected chi connectivity index (χ4v) is 2.88. The number of benzene rings is 1. The van der Waals surface area contributed by atoms with Gasteiger partial charge in [-0.3, -0.25) is 4.79 Å². The normalized spacial score (nSPS) is 21.5. The minimum atomic E-state index is -0.983. The molecule has 6 heteroatoms. The van der Waals surface area contributed by atoms with Gasteiger partial charge in [-0.25, -0.2) is 4.79 Å². The van der Waals surface area contributed by atoms with Crippen LogP contribution < -0.4 is 4.74 Å². The fraction of sp³-hybridized carbons (Fsp3) is 0.500. The number of carbonyl (C=O) groups excluding carboxylic acids is 1. The van der Waals surface area contributed by atoms with Gasteiger partial charge in [-0.15, -0.1) is 0 Å². The fourth-order valence-electron chi connectivity index (χ4n) is 2.88. The molecule has 1 N–H and O–H groups in total. The van der Waals surface area contributed by atoms with Crippen molar-refractivity contribution in [2.75, 3.05) is 26.4 Å². The Morgan fingerprint density at radius 3 is 2.86 bits per heavy atom. The summed E-state index contributed by atoms with van der Waals surface area (Å²) in [5.74, 6) is -0.412. The Labute approximate surface area is 128 Å². The topological polar surface area (TPSA) is 76.1 Å². The van der Waals surface area contributed by atoms with Gasteiger partial charge in [0.25, 0.3) is 0 Å². The van der Waals surface area contributed by atoms with Gasteiger partial charge in [0.05, 0.1) is 24.6 Å². The zero-order valence-electron chi connectivity index (χ0n) is 12.3. The molecule has 0 radical (unpaired) electrons. The largest absolute Gasteiger partial charge is 0.491 e. The highest BCUT2D eigenvalue weighted by molar-refractivity contribution is 5.88. The Morgan fingerprint density at radius 1 is 1.27 bits per heavy atom. The molecule has 2 aliphatic rings. The van der Waals surface area contributed by atoms with Gasteiger partial charge in [-0.1, -0.05) is 6.07 Å². The van der Waals surface area contributed by atoms with Crippen LogP contribution >= 0.6 is 0 Å². The van der Waals surface area contributed by atoms with Crippen molar-refractivity contribution in [1.82, 2.24) is 4.90 Å². The molecule has 1 unspecified atom stereocenters. The highest BCUT2D eigenvalue weighted by Crippen LogP contribution is 2.26. The monoisotopic (exact) mass is 305 g/mol. The number of carbonyl (C=O) groups is 2. The molecule has 22 heavy (non-hydrogen) atoms. The molecule has 1 atom stereocenters. The molecule has 1 aromatic carbocycles. The van der Waals surface area contributed by atoms with Crippen LogP contribution in [-0.2, 0) is 16.1 Å². The quantitative estimate of drug-likeness (QED) is 0.897. The van der Waals surface area contributed by atoms with Crippen molar-refractivity contribution in [2.45, 2.75) is 19.4 Å². The number of ether oxygens (including phenoxy) is 2. The molecular formula is C16H19NO5. The van der Waals surface area contributed by atoms with Gasteiger partial charge in [-0.2, -0.15) is 0 Å². The van der Waals surface area contributed by atoms with Gasteiger partial charge in [0, 0.05) is 18.7 Å². The molecule has 1 fully saturated rings. The average molecular weight is 305 g/mol. The van der Waals surface area contributed by atoms with E-state index in [9.17, 15) is 9.59 Å². The molecule has 0 spiro atoms. The average Bonchev–Trinajstić information content (AvgIpc) is 2.76. The maximum atomic E-state index is 12.6. The third kappa shape index (κ3) is 3.06. The van der Waals surface area contributed by atoms with Crippen LogP contribution in [0.25, 0.3) is 0 Å². The van der Waals surface area contributed by atoms with Gasteiger partial charge in [0.1, 0.15) is 12.4 Å². The number of carboxylic acid groups (broad SMARTS) is 1. The smallest absolute Gasteiger partial charge is 0.335 e. The number of amides is 1. The maximum Gasteiger partial charge on any atom is 0.335 e. The summed E-state index contributed by atoms with van der Waals surface area (Å²) >= 11 is 0. The van der Waals surface area contributed by atoms with Gasteiger partial charge in [0.15, 0.2) is 0 Å². The number of nitrogens with zero attached hydrogens (tertiary/aromatic N) is 1. The lowest BCUT2D eigenvalue weighted by Gasteiger charge is -2.28. The molecule has 6 nitrogen and oxygen atoms in total. The van der Waals surface area contributed by atoms with Crippen molar-refractivity contribution < 1.29 is 24.2 Å². The van der Waals surface area contributed by atoms with E-state index >= 15 is 0 Å². The molecule has 118 valence electrons. The first-order valence-electron chi connectivity index (χ1n) is 7.50. The molecule has 3 rings (SSSR count). The van der Waals surface area contributed by atoms with Crippen LogP contribution in [0.3, 0.4) is 0 Å². The van der Waals surface area contributed by atoms with Gasteiger partial charge >= 0.3 is 5.97 Å². The van der Waals surface area contributed by atoms with Crippen LogP contribution in [0.5, 0.6) is 5.75 Å². The lowest BCUT2D eigenvalue weighted by atomic mass is 10.00. The molecule has 0 aliphatic carbocycles. The molecule has 0 bridgehead atoms. The second kappa shape index (κ2) is 6.36. The predicted molar refractivity (Wildman–Crippen MR) is 77.9 cm³/mol. The van der Waals surface area contributed by atoms with Crippen molar-refractivity contribution >= 4 is 11.9 Å². The van der Waals surface area contributed by atoms with E-state index in [-0.39, 0.29) is 17.4 Å². The predicted octanol–water partition coefficient (Wildman–Crippen LogP) is 1.53. The van der Waals surface area contributed by atoms with Crippen molar-refractivity contribution in [3.63, 3.8) is 0 Å². The van der Waals surface area contributed by atoms with Gasteiger partial charge in [-0.05, 0) is 25.0 Å². The summed E-state index contributed by atoms with van der Waals surface area (Å²) < 4.78 is 11.0. The van der Waals surface area contributed by atoms with Crippen LogP contribution in [0.4, 0.5) is 0 Å². The lowest BCUT2D eigenvalue weighted by molar-refractivity contribution is -0.140. The zero-order valence-corrected chi connectivity index (χ0v) is 12.3. The Balaban J connectivity index is 1.76. The van der Waals surface area contributed by atoms with Crippen LogP contribution in [0.2, 0.25) is 0 Å². The lowest BCUT2D eigenvalue weighted by Crippen LogP contribution is -2.40. The van der Waals surface area contributed by atoms with Gasteiger partial charge in [0.2, 0.25) is 5.91 Å². The van der Waals surface area contributed by atoms with Crippen LogP contribution in [0.1, 0.15) is 28.8 Å². The molecule has 1 aromatic rings. The number of hydrogen-bond donors (Lipinski definition) is 1. The van der Waals surface area contributed by atoms with E-state index < -0.39 is 5.97 Å². The highest BCUT2D eigenvalue weighted by Gasteiger charge is 2.28. The van der Waals surface area contributed by atoms with E-state index in [0.717, 1.165) is 25.0 Å². The minimum Gasteiger partial charge on any atom is -0.491 e. The van der Waals surface area contributed by atoms with Crippen molar-refractivity contribution in [1.29, 1.82) is 0 Å². The molecule has 2 aliphatic heterocycles. The van der Waals surface area contributed by atoms with E-state index in [1.807, 2.05) is 0 Å². The molecule has 2 heterocycles. The van der Waals surface area contributed by atoms with Gasteiger partial charge < -0.3 is 19.5 Å². The number of fused-ring (bicyclic) bond motifs is 1.